The van der Waals surface area contributed by atoms with Gasteiger partial charge in [-0.15, -0.1) is 0 Å². The van der Waals surface area contributed by atoms with Crippen LogP contribution >= 0.6 is 0 Å². The first-order valence-corrected chi connectivity index (χ1v) is 5.61. The number of nitrogens with one attached hydrogen (secondary N) is 1. The van der Waals surface area contributed by atoms with E-state index in [0.29, 0.717) is 13.0 Å². The lowest BCUT2D eigenvalue weighted by atomic mass is 10.2. The molecule has 1 aromatic rings. The molecule has 2 heterocycles. The van der Waals surface area contributed by atoms with Crippen LogP contribution in [0.15, 0.2) is 18.3 Å². The number of nitrogens with zero attached hydrogens (tertiary/aromatic N) is 2. The van der Waals surface area contributed by atoms with Gasteiger partial charge >= 0.3 is 0 Å². The van der Waals surface area contributed by atoms with Gasteiger partial charge in [-0.1, -0.05) is 0 Å². The molecular weight excluding hydrogens is 218 g/mol. The highest BCUT2D eigenvalue weighted by atomic mass is 16.2. The average Bonchev–Trinajstić information content (AvgIpc) is 2.42. The third kappa shape index (κ3) is 2.43. The van der Waals surface area contributed by atoms with E-state index >= 15 is 0 Å². The van der Waals surface area contributed by atoms with Crippen LogP contribution in [0.3, 0.4) is 0 Å². The monoisotopic (exact) mass is 233 g/mol. The summed E-state index contributed by atoms with van der Waals surface area (Å²) in [6.45, 7) is 3.99. The number of carbonyl (C=O) groups excluding carboxylic acids is 2. The zero-order valence-electron chi connectivity index (χ0n) is 9.93. The van der Waals surface area contributed by atoms with Crippen molar-refractivity contribution < 1.29 is 9.59 Å². The Labute approximate surface area is 99.8 Å². The molecule has 5 heteroatoms. The second kappa shape index (κ2) is 4.53. The Morgan fingerprint density at radius 3 is 2.82 bits per heavy atom. The Morgan fingerprint density at radius 1 is 1.41 bits per heavy atom. The summed E-state index contributed by atoms with van der Waals surface area (Å²) in [6, 6.07) is 3.22. The van der Waals surface area contributed by atoms with Crippen molar-refractivity contribution in [1.82, 2.24) is 10.3 Å². The van der Waals surface area contributed by atoms with Gasteiger partial charge in [0.2, 0.25) is 11.8 Å². The lowest BCUT2D eigenvalue weighted by Gasteiger charge is -2.21. The molecule has 0 aliphatic carbocycles. The molecule has 1 aliphatic heterocycles. The Hall–Kier alpha value is -1.91. The number of pyridine rings is 1. The van der Waals surface area contributed by atoms with Crippen LogP contribution in [0, 0.1) is 6.92 Å². The molecule has 1 aromatic heterocycles. The van der Waals surface area contributed by atoms with Crippen molar-refractivity contribution in [3.63, 3.8) is 0 Å². The summed E-state index contributed by atoms with van der Waals surface area (Å²) in [6.07, 6.45) is 1.99. The van der Waals surface area contributed by atoms with Crippen LogP contribution in [0.2, 0.25) is 0 Å². The largest absolute Gasteiger partial charge is 0.345 e. The van der Waals surface area contributed by atoms with Crippen molar-refractivity contribution in [1.29, 1.82) is 0 Å². The van der Waals surface area contributed by atoms with Gasteiger partial charge in [-0.2, -0.15) is 0 Å². The molecule has 2 rings (SSSR count). The maximum Gasteiger partial charge on any atom is 0.249 e. The fourth-order valence-electron chi connectivity index (χ4n) is 1.81. The highest BCUT2D eigenvalue weighted by molar-refractivity contribution is 6.00. The predicted octanol–water partition coefficient (Wildman–Crippen LogP) is 0.631. The molecule has 0 saturated carbocycles. The lowest BCUT2D eigenvalue weighted by molar-refractivity contribution is -0.125. The number of amides is 2. The molecule has 1 aliphatic rings. The first-order chi connectivity index (χ1) is 8.08. The number of carbonyl (C=O) groups is 2. The van der Waals surface area contributed by atoms with E-state index < -0.39 is 6.04 Å². The summed E-state index contributed by atoms with van der Waals surface area (Å²) in [7, 11) is 0. The van der Waals surface area contributed by atoms with E-state index in [1.807, 2.05) is 19.1 Å². The van der Waals surface area contributed by atoms with Crippen LogP contribution in [-0.2, 0) is 9.59 Å². The van der Waals surface area contributed by atoms with Crippen LogP contribution in [0.1, 0.15) is 19.0 Å². The summed E-state index contributed by atoms with van der Waals surface area (Å²) in [5.41, 5.74) is 1.64. The Morgan fingerprint density at radius 2 is 2.18 bits per heavy atom. The van der Waals surface area contributed by atoms with Crippen molar-refractivity contribution in [3.05, 3.63) is 24.0 Å². The van der Waals surface area contributed by atoms with E-state index in [-0.39, 0.29) is 11.8 Å². The van der Waals surface area contributed by atoms with Crippen molar-refractivity contribution in [2.24, 2.45) is 0 Å². The molecule has 1 fully saturated rings. The van der Waals surface area contributed by atoms with Gasteiger partial charge in [0.05, 0.1) is 11.9 Å². The van der Waals surface area contributed by atoms with E-state index in [2.05, 4.69) is 10.3 Å². The first-order valence-electron chi connectivity index (χ1n) is 5.61. The van der Waals surface area contributed by atoms with E-state index in [0.717, 1.165) is 11.4 Å². The normalized spacial score (nSPS) is 21.1. The summed E-state index contributed by atoms with van der Waals surface area (Å²) in [4.78, 5) is 29.2. The van der Waals surface area contributed by atoms with Gasteiger partial charge in [0.1, 0.15) is 6.04 Å². The van der Waals surface area contributed by atoms with Gasteiger partial charge in [-0.3, -0.25) is 14.6 Å². The zero-order chi connectivity index (χ0) is 12.4. The standard InChI is InChI=1S/C12H15N3O2/c1-8-3-4-10(7-13-8)15-6-5-11(16)14-9(2)12(15)17/h3-4,7,9H,5-6H2,1-2H3,(H,14,16). The van der Waals surface area contributed by atoms with Crippen LogP contribution in [0.4, 0.5) is 5.69 Å². The van der Waals surface area contributed by atoms with Crippen LogP contribution in [0.25, 0.3) is 0 Å². The molecule has 0 radical (unpaired) electrons. The van der Waals surface area contributed by atoms with E-state index in [1.54, 1.807) is 18.0 Å². The van der Waals surface area contributed by atoms with Crippen molar-refractivity contribution in [2.45, 2.75) is 26.3 Å². The number of anilines is 1. The second-order valence-corrected chi connectivity index (χ2v) is 4.19. The second-order valence-electron chi connectivity index (χ2n) is 4.19. The predicted molar refractivity (Wildman–Crippen MR) is 63.5 cm³/mol. The van der Waals surface area contributed by atoms with Gasteiger partial charge in [0.25, 0.3) is 0 Å². The van der Waals surface area contributed by atoms with Crippen LogP contribution in [0.5, 0.6) is 0 Å². The van der Waals surface area contributed by atoms with Crippen molar-refractivity contribution in [2.75, 3.05) is 11.4 Å². The molecule has 0 spiro atoms. The van der Waals surface area contributed by atoms with Gasteiger partial charge in [0, 0.05) is 18.7 Å². The number of hydrogen-bond donors (Lipinski definition) is 1. The number of hydrogen-bond acceptors (Lipinski definition) is 3. The summed E-state index contributed by atoms with van der Waals surface area (Å²) < 4.78 is 0. The Bertz CT molecular complexity index is 442. The molecule has 1 N–H and O–H groups in total. The van der Waals surface area contributed by atoms with Gasteiger partial charge in [-0.25, -0.2) is 0 Å². The highest BCUT2D eigenvalue weighted by Crippen LogP contribution is 2.16. The number of rotatable bonds is 1. The summed E-state index contributed by atoms with van der Waals surface area (Å²) >= 11 is 0. The fraction of sp³-hybridized carbons (Fsp3) is 0.417. The van der Waals surface area contributed by atoms with Crippen LogP contribution < -0.4 is 10.2 Å². The molecule has 5 nitrogen and oxygen atoms in total. The molecule has 2 amide bonds. The van der Waals surface area contributed by atoms with E-state index in [4.69, 9.17) is 0 Å². The van der Waals surface area contributed by atoms with Gasteiger partial charge in [-0.05, 0) is 26.0 Å². The topological polar surface area (TPSA) is 62.3 Å². The van der Waals surface area contributed by atoms with E-state index in [9.17, 15) is 9.59 Å². The molecule has 1 atom stereocenters. The number of aryl methyl sites for hydroxylation is 1. The minimum atomic E-state index is -0.480. The molecular formula is C12H15N3O2. The maximum atomic E-state index is 12.1. The molecule has 1 unspecified atom stereocenters. The fourth-order valence-corrected chi connectivity index (χ4v) is 1.81. The highest BCUT2D eigenvalue weighted by Gasteiger charge is 2.27. The zero-order valence-corrected chi connectivity index (χ0v) is 9.93. The smallest absolute Gasteiger partial charge is 0.249 e. The minimum Gasteiger partial charge on any atom is -0.345 e. The SMILES string of the molecule is Cc1ccc(N2CCC(=O)NC(C)C2=O)cn1. The first kappa shape index (κ1) is 11.6. The van der Waals surface area contributed by atoms with Gasteiger partial charge in [0.15, 0.2) is 0 Å². The maximum absolute atomic E-state index is 12.1. The molecule has 0 aromatic carbocycles. The minimum absolute atomic E-state index is 0.0894. The average molecular weight is 233 g/mol. The molecule has 0 bridgehead atoms. The Balaban J connectivity index is 2.27. The summed E-state index contributed by atoms with van der Waals surface area (Å²) in [5, 5.41) is 2.65. The van der Waals surface area contributed by atoms with Crippen LogP contribution in [-0.4, -0.2) is 29.4 Å². The third-order valence-electron chi connectivity index (χ3n) is 2.78. The molecule has 17 heavy (non-hydrogen) atoms. The number of aromatic nitrogens is 1. The molecule has 1 saturated heterocycles. The van der Waals surface area contributed by atoms with Crippen molar-refractivity contribution in [3.8, 4) is 0 Å². The van der Waals surface area contributed by atoms with Crippen molar-refractivity contribution >= 4 is 17.5 Å². The Kier molecular flexibility index (Phi) is 3.08. The van der Waals surface area contributed by atoms with Gasteiger partial charge < -0.3 is 10.2 Å². The lowest BCUT2D eigenvalue weighted by Crippen LogP contribution is -2.42. The molecule has 90 valence electrons. The van der Waals surface area contributed by atoms with E-state index in [1.165, 1.54) is 0 Å². The summed E-state index contributed by atoms with van der Waals surface area (Å²) in [5.74, 6) is -0.185. The quantitative estimate of drug-likeness (QED) is 0.774. The third-order valence-corrected chi connectivity index (χ3v) is 2.78.